The second kappa shape index (κ2) is 12.9. The van der Waals surface area contributed by atoms with Crippen molar-refractivity contribution in [1.82, 2.24) is 15.6 Å². The van der Waals surface area contributed by atoms with E-state index in [0.717, 1.165) is 56.7 Å². The van der Waals surface area contributed by atoms with Crippen molar-refractivity contribution >= 4 is 11.8 Å². The average Bonchev–Trinajstić information content (AvgIpc) is 2.82. The number of nitrogens with one attached hydrogen (secondary N) is 2. The van der Waals surface area contributed by atoms with Gasteiger partial charge in [-0.05, 0) is 24.5 Å². The molecule has 1 aliphatic heterocycles. The number of hydrogen-bond acceptors (Lipinski definition) is 5. The molecule has 2 heterocycles. The lowest BCUT2D eigenvalue weighted by Crippen LogP contribution is -2.40. The van der Waals surface area contributed by atoms with Crippen LogP contribution in [0.2, 0.25) is 0 Å². The highest BCUT2D eigenvalue weighted by Gasteiger charge is 2.15. The van der Waals surface area contributed by atoms with Crippen molar-refractivity contribution in [3.63, 3.8) is 0 Å². The molecule has 0 aliphatic carbocycles. The van der Waals surface area contributed by atoms with E-state index in [1.807, 2.05) is 30.5 Å². The number of nitrogens with zero attached hydrogens (tertiary/aromatic N) is 3. The normalized spacial score (nSPS) is 15.5. The molecule has 1 fully saturated rings. The summed E-state index contributed by atoms with van der Waals surface area (Å²) < 4.78 is 11.3. The first kappa shape index (κ1) is 23.0. The monoisotopic (exact) mass is 425 g/mol. The number of benzene rings is 1. The molecule has 2 aromatic rings. The van der Waals surface area contributed by atoms with E-state index in [-0.39, 0.29) is 0 Å². The lowest BCUT2D eigenvalue weighted by Gasteiger charge is -2.29. The van der Waals surface area contributed by atoms with Crippen molar-refractivity contribution < 1.29 is 9.47 Å². The summed E-state index contributed by atoms with van der Waals surface area (Å²) in [5.74, 6) is 2.19. The van der Waals surface area contributed by atoms with Crippen LogP contribution in [-0.2, 0) is 22.6 Å². The van der Waals surface area contributed by atoms with Crippen LogP contribution in [0.25, 0.3) is 0 Å². The largest absolute Gasteiger partial charge is 0.378 e. The molecule has 1 aromatic heterocycles. The number of anilines is 1. The molecule has 2 N–H and O–H groups in total. The number of aromatic nitrogens is 1. The van der Waals surface area contributed by atoms with E-state index in [0.29, 0.717) is 25.7 Å². The van der Waals surface area contributed by atoms with E-state index in [2.05, 4.69) is 52.6 Å². The summed E-state index contributed by atoms with van der Waals surface area (Å²) in [7, 11) is 0. The molecule has 7 nitrogen and oxygen atoms in total. The molecule has 1 saturated heterocycles. The molecule has 0 radical (unpaired) electrons. The zero-order valence-electron chi connectivity index (χ0n) is 18.7. The van der Waals surface area contributed by atoms with Crippen LogP contribution in [0.5, 0.6) is 0 Å². The molecule has 0 saturated carbocycles. The first-order valence-corrected chi connectivity index (χ1v) is 11.2. The summed E-state index contributed by atoms with van der Waals surface area (Å²) in [6.45, 7) is 11.0. The third kappa shape index (κ3) is 7.84. The SMILES string of the molecule is CCNC(=NCc1cccnc1N1CCOCC1)NCC(C)COCc1ccccc1. The highest BCUT2D eigenvalue weighted by Crippen LogP contribution is 2.19. The molecule has 0 amide bonds. The van der Waals surface area contributed by atoms with Crippen molar-refractivity contribution in [3.05, 3.63) is 59.8 Å². The van der Waals surface area contributed by atoms with Gasteiger partial charge >= 0.3 is 0 Å². The van der Waals surface area contributed by atoms with Gasteiger partial charge in [-0.15, -0.1) is 0 Å². The molecule has 31 heavy (non-hydrogen) atoms. The van der Waals surface area contributed by atoms with Crippen LogP contribution in [-0.4, -0.2) is 56.9 Å². The minimum absolute atomic E-state index is 0.370. The van der Waals surface area contributed by atoms with Crippen molar-refractivity contribution in [2.45, 2.75) is 27.0 Å². The number of pyridine rings is 1. The van der Waals surface area contributed by atoms with Gasteiger partial charge in [0.05, 0.1) is 33.0 Å². The van der Waals surface area contributed by atoms with Crippen LogP contribution >= 0.6 is 0 Å². The Morgan fingerprint density at radius 3 is 2.74 bits per heavy atom. The predicted octanol–water partition coefficient (Wildman–Crippen LogP) is 2.83. The molecule has 0 bridgehead atoms. The van der Waals surface area contributed by atoms with Crippen LogP contribution in [0.4, 0.5) is 5.82 Å². The van der Waals surface area contributed by atoms with Gasteiger partial charge in [-0.3, -0.25) is 0 Å². The quantitative estimate of drug-likeness (QED) is 0.451. The Hall–Kier alpha value is -2.64. The van der Waals surface area contributed by atoms with Crippen LogP contribution in [0, 0.1) is 5.92 Å². The first-order valence-electron chi connectivity index (χ1n) is 11.2. The zero-order valence-corrected chi connectivity index (χ0v) is 18.7. The molecule has 168 valence electrons. The van der Waals surface area contributed by atoms with Gasteiger partial charge < -0.3 is 25.0 Å². The Morgan fingerprint density at radius 2 is 1.97 bits per heavy atom. The minimum atomic E-state index is 0.370. The third-order valence-electron chi connectivity index (χ3n) is 5.06. The molecule has 0 spiro atoms. The van der Waals surface area contributed by atoms with Crippen molar-refractivity contribution in [3.8, 4) is 0 Å². The number of morpholine rings is 1. The van der Waals surface area contributed by atoms with Gasteiger partial charge in [0.1, 0.15) is 5.82 Å². The highest BCUT2D eigenvalue weighted by molar-refractivity contribution is 5.79. The topological polar surface area (TPSA) is 71.0 Å². The Bertz CT molecular complexity index is 794. The second-order valence-electron chi connectivity index (χ2n) is 7.77. The lowest BCUT2D eigenvalue weighted by atomic mass is 10.2. The third-order valence-corrected chi connectivity index (χ3v) is 5.06. The predicted molar refractivity (Wildman–Crippen MR) is 125 cm³/mol. The Morgan fingerprint density at radius 1 is 1.16 bits per heavy atom. The van der Waals surface area contributed by atoms with Crippen LogP contribution in [0.15, 0.2) is 53.7 Å². The molecule has 1 aromatic carbocycles. The van der Waals surface area contributed by atoms with E-state index in [4.69, 9.17) is 14.5 Å². The first-order chi connectivity index (χ1) is 15.3. The standard InChI is InChI=1S/C24H35N5O2/c1-3-25-24(27-16-20(2)18-31-19-21-8-5-4-6-9-21)28-17-22-10-7-11-26-23(22)29-12-14-30-15-13-29/h4-11,20H,3,12-19H2,1-2H3,(H2,25,27,28). The summed E-state index contributed by atoms with van der Waals surface area (Å²) in [4.78, 5) is 11.7. The van der Waals surface area contributed by atoms with Gasteiger partial charge in [0.25, 0.3) is 0 Å². The second-order valence-corrected chi connectivity index (χ2v) is 7.77. The maximum atomic E-state index is 5.86. The molecular weight excluding hydrogens is 390 g/mol. The van der Waals surface area contributed by atoms with Gasteiger partial charge in [0.2, 0.25) is 0 Å². The maximum absolute atomic E-state index is 5.86. The highest BCUT2D eigenvalue weighted by atomic mass is 16.5. The number of guanidine groups is 1. The van der Waals surface area contributed by atoms with Crippen molar-refractivity contribution in [2.24, 2.45) is 10.9 Å². The molecular formula is C24H35N5O2. The Balaban J connectivity index is 1.49. The Kier molecular flexibility index (Phi) is 9.60. The zero-order chi connectivity index (χ0) is 21.7. The van der Waals surface area contributed by atoms with Gasteiger partial charge in [0.15, 0.2) is 5.96 Å². The summed E-state index contributed by atoms with van der Waals surface area (Å²) in [6.07, 6.45) is 1.85. The van der Waals surface area contributed by atoms with Gasteiger partial charge in [-0.1, -0.05) is 43.3 Å². The summed E-state index contributed by atoms with van der Waals surface area (Å²) in [5, 5.41) is 6.78. The van der Waals surface area contributed by atoms with Crippen LogP contribution in [0.3, 0.4) is 0 Å². The van der Waals surface area contributed by atoms with E-state index in [1.54, 1.807) is 0 Å². The fraction of sp³-hybridized carbons (Fsp3) is 0.500. The Labute approximate surface area is 185 Å². The van der Waals surface area contributed by atoms with E-state index < -0.39 is 0 Å². The number of ether oxygens (including phenoxy) is 2. The summed E-state index contributed by atoms with van der Waals surface area (Å²) >= 11 is 0. The fourth-order valence-corrected chi connectivity index (χ4v) is 3.40. The minimum Gasteiger partial charge on any atom is -0.378 e. The van der Waals surface area contributed by atoms with E-state index in [9.17, 15) is 0 Å². The number of rotatable bonds is 10. The molecule has 1 atom stereocenters. The molecule has 1 aliphatic rings. The number of hydrogen-bond donors (Lipinski definition) is 2. The smallest absolute Gasteiger partial charge is 0.191 e. The summed E-state index contributed by atoms with van der Waals surface area (Å²) in [5.41, 5.74) is 2.32. The van der Waals surface area contributed by atoms with E-state index >= 15 is 0 Å². The van der Waals surface area contributed by atoms with Crippen LogP contribution in [0.1, 0.15) is 25.0 Å². The fourth-order valence-electron chi connectivity index (χ4n) is 3.40. The average molecular weight is 426 g/mol. The van der Waals surface area contributed by atoms with E-state index in [1.165, 1.54) is 5.56 Å². The molecule has 1 unspecified atom stereocenters. The van der Waals surface area contributed by atoms with Crippen molar-refractivity contribution in [2.75, 3.05) is 50.9 Å². The van der Waals surface area contributed by atoms with Gasteiger partial charge in [-0.25, -0.2) is 9.98 Å². The van der Waals surface area contributed by atoms with Gasteiger partial charge in [0, 0.05) is 37.9 Å². The molecule has 7 heteroatoms. The maximum Gasteiger partial charge on any atom is 0.191 e. The van der Waals surface area contributed by atoms with Crippen molar-refractivity contribution in [1.29, 1.82) is 0 Å². The summed E-state index contributed by atoms with van der Waals surface area (Å²) in [6, 6.07) is 14.3. The molecule has 3 rings (SSSR count). The lowest BCUT2D eigenvalue weighted by molar-refractivity contribution is 0.0931. The van der Waals surface area contributed by atoms with Gasteiger partial charge in [-0.2, -0.15) is 0 Å². The number of aliphatic imine (C=N–C) groups is 1. The van der Waals surface area contributed by atoms with Crippen LogP contribution < -0.4 is 15.5 Å².